The van der Waals surface area contributed by atoms with Gasteiger partial charge >= 0.3 is 13.6 Å². The third-order valence-corrected chi connectivity index (χ3v) is 17.3. The first-order valence-corrected chi connectivity index (χ1v) is 23.8. The fraction of sp³-hybridized carbons (Fsp3) is 0.615. The largest absolute Gasteiger partial charge is 0.409 e. The van der Waals surface area contributed by atoms with Crippen molar-refractivity contribution in [2.45, 2.75) is 94.3 Å². The summed E-state index contributed by atoms with van der Waals surface area (Å²) in [6.45, 7) is 0.901. The lowest BCUT2D eigenvalue weighted by molar-refractivity contribution is -0.0503. The van der Waals surface area contributed by atoms with Crippen molar-refractivity contribution in [1.82, 2.24) is 39.0 Å². The van der Waals surface area contributed by atoms with E-state index < -0.39 is 77.5 Å². The molecule has 10 atom stereocenters. The highest BCUT2D eigenvalue weighted by molar-refractivity contribution is 8.44. The summed E-state index contributed by atoms with van der Waals surface area (Å²) >= 11 is 8.64. The molecule has 0 spiro atoms. The van der Waals surface area contributed by atoms with Gasteiger partial charge in [-0.3, -0.25) is 22.7 Å². The second-order valence-corrected chi connectivity index (χ2v) is 24.3. The highest BCUT2D eigenvalue weighted by Crippen LogP contribution is 2.63. The van der Waals surface area contributed by atoms with Crippen LogP contribution in [0.1, 0.15) is 39.5 Å². The van der Waals surface area contributed by atoms with Crippen molar-refractivity contribution in [3.05, 3.63) is 25.3 Å². The van der Waals surface area contributed by atoms with Gasteiger partial charge in [-0.2, -0.15) is 0 Å². The van der Waals surface area contributed by atoms with Crippen LogP contribution in [0.5, 0.6) is 0 Å². The third-order valence-electron chi connectivity index (χ3n) is 9.63. The molecule has 6 heterocycles. The number of nitrogens with two attached hydrogens (primary N) is 2. The van der Waals surface area contributed by atoms with Gasteiger partial charge < -0.3 is 25.2 Å². The highest BCUT2D eigenvalue weighted by atomic mass is 32.7. The second kappa shape index (κ2) is 12.7. The van der Waals surface area contributed by atoms with E-state index in [4.69, 9.17) is 38.7 Å². The number of rotatable bonds is 4. The van der Waals surface area contributed by atoms with Gasteiger partial charge in [0.2, 0.25) is 0 Å². The normalized spacial score (nSPS) is 35.6. The number of fused-ring (bicyclic) bond motifs is 5. The van der Waals surface area contributed by atoms with Crippen molar-refractivity contribution >= 4 is 80.4 Å². The van der Waals surface area contributed by atoms with E-state index in [0.29, 0.717) is 11.2 Å². The maximum Gasteiger partial charge on any atom is 0.386 e. The minimum Gasteiger partial charge on any atom is -0.409 e. The third kappa shape index (κ3) is 6.50. The number of hydrogen-bond donors (Lipinski definition) is 4. The van der Waals surface area contributed by atoms with E-state index in [1.54, 1.807) is 4.57 Å². The molecule has 3 unspecified atom stereocenters. The van der Waals surface area contributed by atoms with E-state index in [1.807, 2.05) is 33.9 Å². The van der Waals surface area contributed by atoms with E-state index in [1.165, 1.54) is 29.9 Å². The quantitative estimate of drug-likeness (QED) is 0.125. The second-order valence-electron chi connectivity index (χ2n) is 13.8. The molecule has 1 aliphatic carbocycles. The lowest BCUT2D eigenvalue weighted by Crippen LogP contribution is -2.49. The van der Waals surface area contributed by atoms with Crippen molar-refractivity contribution in [3.63, 3.8) is 0 Å². The van der Waals surface area contributed by atoms with Gasteiger partial charge in [0, 0.05) is 6.42 Å². The summed E-state index contributed by atoms with van der Waals surface area (Å²) in [6, 6.07) is -0.731. The molecule has 0 radical (unpaired) electrons. The monoisotopic (exact) mass is 790 g/mol. The van der Waals surface area contributed by atoms with Gasteiger partial charge in [-0.1, -0.05) is 45.3 Å². The lowest BCUT2D eigenvalue weighted by atomic mass is 10.1. The van der Waals surface area contributed by atoms with Crippen LogP contribution < -0.4 is 11.5 Å². The number of nitrogen functional groups attached to an aromatic ring is 2. The Hall–Kier alpha value is -2.23. The SMILES string of the molecule is CC(C)(C)[Si](C)(C)OC1[C@@H]2C[C@@H](n3cnc4c(N)ncnc43)[C@@H]1OP(=O)(S)OC[C@H]1O[C@@H](n3cnc4c(N)ncnc43)[C@H](F)[C@@H]1OP(=O)(S)O2. The standard InChI is InChI=1S/C26H37FN10O8P2S2Si/c1-26(2,3)50(4,5)45-20-13-6-12(36-10-34-16-21(28)30-8-32-23(16)36)18(20)43-46(38,48)40-7-14-19(44-47(39,49)42-13)15(27)25(41-14)37-11-35-17-22(29)31-9-33-24(17)37/h8-15,18-20,25H,6-7H2,1-5H3,(H,38,48)(H,39,49)(H2,28,30,32)(H2,29,31,33)/t12-,13+,14-,15-,18+,19-,20?,25-,46?,47?/m1/s1. The van der Waals surface area contributed by atoms with Crippen LogP contribution >= 0.6 is 38.1 Å². The summed E-state index contributed by atoms with van der Waals surface area (Å²) in [7, 11) is -2.64. The van der Waals surface area contributed by atoms with Gasteiger partial charge in [-0.15, -0.1) is 0 Å². The zero-order valence-electron chi connectivity index (χ0n) is 27.5. The minimum atomic E-state index is -4.42. The van der Waals surface area contributed by atoms with Crippen LogP contribution in [0.25, 0.3) is 22.3 Å². The number of nitrogens with zero attached hydrogens (tertiary/aromatic N) is 8. The Morgan fingerprint density at radius 2 is 1.46 bits per heavy atom. The first kappa shape index (κ1) is 36.1. The van der Waals surface area contributed by atoms with Crippen molar-refractivity contribution in [1.29, 1.82) is 0 Å². The maximum absolute atomic E-state index is 16.4. The van der Waals surface area contributed by atoms with Crippen molar-refractivity contribution in [3.8, 4) is 0 Å². The summed E-state index contributed by atoms with van der Waals surface area (Å²) in [6.07, 6.45) is -4.06. The van der Waals surface area contributed by atoms with Crippen LogP contribution in [0.3, 0.4) is 0 Å². The molecule has 7 rings (SSSR count). The van der Waals surface area contributed by atoms with E-state index >= 15 is 4.39 Å². The molecule has 18 nitrogen and oxygen atoms in total. The number of hydrogen-bond acceptors (Lipinski definition) is 16. The Labute approximate surface area is 297 Å². The topological polar surface area (TPSA) is 229 Å². The Morgan fingerprint density at radius 3 is 2.08 bits per heavy atom. The van der Waals surface area contributed by atoms with E-state index in [-0.39, 0.29) is 34.3 Å². The average Bonchev–Trinajstić information content (AvgIpc) is 3.77. The fourth-order valence-electron chi connectivity index (χ4n) is 6.15. The molecule has 2 bridgehead atoms. The van der Waals surface area contributed by atoms with Crippen LogP contribution in [0.15, 0.2) is 25.3 Å². The zero-order chi connectivity index (χ0) is 36.0. The lowest BCUT2D eigenvalue weighted by Gasteiger charge is -2.41. The molecule has 4 aromatic rings. The Kier molecular flexibility index (Phi) is 9.19. The van der Waals surface area contributed by atoms with Crippen LogP contribution in [0, 0.1) is 0 Å². The van der Waals surface area contributed by atoms with Gasteiger partial charge in [0.25, 0.3) is 0 Å². The maximum atomic E-state index is 16.4. The molecule has 4 N–H and O–H groups in total. The number of anilines is 2. The van der Waals surface area contributed by atoms with Gasteiger partial charge in [0.05, 0.1) is 31.4 Å². The summed E-state index contributed by atoms with van der Waals surface area (Å²) < 4.78 is 84.5. The number of thiol groups is 2. The summed E-state index contributed by atoms with van der Waals surface area (Å²) in [4.78, 5) is 25.0. The summed E-state index contributed by atoms with van der Waals surface area (Å²) in [5.74, 6) is 0.232. The van der Waals surface area contributed by atoms with Crippen LogP contribution in [-0.2, 0) is 36.4 Å². The smallest absolute Gasteiger partial charge is 0.386 e. The van der Waals surface area contributed by atoms with Crippen molar-refractivity contribution in [2.75, 3.05) is 18.1 Å². The molecule has 1 saturated carbocycles. The molecule has 2 saturated heterocycles. The molecule has 24 heteroatoms. The molecular weight excluding hydrogens is 754 g/mol. The molecule has 3 aliphatic rings. The molecule has 50 heavy (non-hydrogen) atoms. The van der Waals surface area contributed by atoms with Gasteiger partial charge in [0.15, 0.2) is 43.6 Å². The van der Waals surface area contributed by atoms with Gasteiger partial charge in [-0.05, 0) is 18.1 Å². The minimum absolute atomic E-state index is 0.0649. The summed E-state index contributed by atoms with van der Waals surface area (Å²) in [5, 5.41) is -0.296. The Morgan fingerprint density at radius 1 is 0.880 bits per heavy atom. The van der Waals surface area contributed by atoms with E-state index in [2.05, 4.69) is 54.4 Å². The molecule has 4 aromatic heterocycles. The molecule has 2 aliphatic heterocycles. The summed E-state index contributed by atoms with van der Waals surface area (Å²) in [5.41, 5.74) is 13.1. The molecular formula is C26H37FN10O8P2S2Si. The number of imidazole rings is 2. The molecule has 272 valence electrons. The number of halogens is 1. The van der Waals surface area contributed by atoms with E-state index in [0.717, 1.165) is 0 Å². The molecule has 0 aromatic carbocycles. The highest BCUT2D eigenvalue weighted by Gasteiger charge is 2.57. The number of ether oxygens (including phenoxy) is 1. The van der Waals surface area contributed by atoms with E-state index in [9.17, 15) is 9.13 Å². The van der Waals surface area contributed by atoms with Crippen LogP contribution in [0.4, 0.5) is 16.0 Å². The fourth-order valence-corrected chi connectivity index (χ4v) is 10.8. The zero-order valence-corrected chi connectivity index (χ0v) is 32.1. The predicted molar refractivity (Wildman–Crippen MR) is 188 cm³/mol. The Bertz CT molecular complexity index is 2040. The Balaban J connectivity index is 1.27. The van der Waals surface area contributed by atoms with Crippen LogP contribution in [0.2, 0.25) is 18.1 Å². The first-order chi connectivity index (χ1) is 23.4. The predicted octanol–water partition coefficient (Wildman–Crippen LogP) is 4.66. The number of alkyl halides is 1. The van der Waals surface area contributed by atoms with Crippen LogP contribution in [-0.4, -0.2) is 90.7 Å². The first-order valence-electron chi connectivity index (χ1n) is 15.5. The van der Waals surface area contributed by atoms with Crippen molar-refractivity contribution in [2.24, 2.45) is 0 Å². The van der Waals surface area contributed by atoms with Gasteiger partial charge in [0.1, 0.15) is 48.1 Å². The van der Waals surface area contributed by atoms with Crippen molar-refractivity contribution < 1.29 is 40.8 Å². The molecule has 3 fully saturated rings. The average molecular weight is 791 g/mol. The van der Waals surface area contributed by atoms with Gasteiger partial charge in [-0.25, -0.2) is 43.4 Å². The molecule has 0 amide bonds. The number of aromatic nitrogens is 8.